The Kier molecular flexibility index (Phi) is 7.64. The van der Waals surface area contributed by atoms with Crippen LogP contribution in [0.25, 0.3) is 11.1 Å². The standard InChI is InChI=1S/C19H18Cl2N2O4/c1-3-26-18(24)14(19(25)27-4-2)10-23-16-11-22-9-8-12(16)13-6-5-7-15(20)17(13)21/h5-11,23H,3-4H2,1-2H3. The molecule has 1 N–H and O–H groups in total. The highest BCUT2D eigenvalue weighted by atomic mass is 35.5. The van der Waals surface area contributed by atoms with Gasteiger partial charge >= 0.3 is 11.9 Å². The molecule has 0 aliphatic carbocycles. The Morgan fingerprint density at radius 1 is 1.07 bits per heavy atom. The second kappa shape index (κ2) is 9.94. The second-order valence-electron chi connectivity index (χ2n) is 5.17. The van der Waals surface area contributed by atoms with Gasteiger partial charge in [0.15, 0.2) is 5.57 Å². The van der Waals surface area contributed by atoms with E-state index in [4.69, 9.17) is 32.7 Å². The summed E-state index contributed by atoms with van der Waals surface area (Å²) in [6.07, 6.45) is 4.37. The molecule has 1 aromatic heterocycles. The quantitative estimate of drug-likeness (QED) is 0.315. The van der Waals surface area contributed by atoms with Crippen molar-refractivity contribution < 1.29 is 19.1 Å². The Hall–Kier alpha value is -2.57. The molecule has 2 rings (SSSR count). The van der Waals surface area contributed by atoms with Crippen LogP contribution in [0.15, 0.2) is 48.4 Å². The van der Waals surface area contributed by atoms with Crippen molar-refractivity contribution in [2.45, 2.75) is 13.8 Å². The van der Waals surface area contributed by atoms with Gasteiger partial charge in [-0.2, -0.15) is 0 Å². The first-order valence-corrected chi connectivity index (χ1v) is 8.94. The number of pyridine rings is 1. The van der Waals surface area contributed by atoms with Crippen LogP contribution in [-0.2, 0) is 19.1 Å². The Labute approximate surface area is 167 Å². The lowest BCUT2D eigenvalue weighted by atomic mass is 10.1. The molecule has 0 saturated carbocycles. The lowest BCUT2D eigenvalue weighted by molar-refractivity contribution is -0.146. The molecule has 0 fully saturated rings. The third-order valence-electron chi connectivity index (χ3n) is 3.43. The number of hydrogen-bond acceptors (Lipinski definition) is 6. The lowest BCUT2D eigenvalue weighted by Crippen LogP contribution is -2.19. The number of rotatable bonds is 7. The van der Waals surface area contributed by atoms with Crippen molar-refractivity contribution in [3.8, 4) is 11.1 Å². The van der Waals surface area contributed by atoms with Crippen molar-refractivity contribution in [1.82, 2.24) is 4.98 Å². The van der Waals surface area contributed by atoms with Crippen LogP contribution in [0, 0.1) is 0 Å². The van der Waals surface area contributed by atoms with E-state index in [1.54, 1.807) is 44.3 Å². The van der Waals surface area contributed by atoms with E-state index in [0.717, 1.165) is 0 Å². The second-order valence-corrected chi connectivity index (χ2v) is 5.95. The molecule has 0 aliphatic rings. The summed E-state index contributed by atoms with van der Waals surface area (Å²) in [5.41, 5.74) is 1.63. The van der Waals surface area contributed by atoms with E-state index in [2.05, 4.69) is 10.3 Å². The van der Waals surface area contributed by atoms with Crippen LogP contribution in [0.1, 0.15) is 13.8 Å². The van der Waals surface area contributed by atoms with Gasteiger partial charge in [-0.3, -0.25) is 4.98 Å². The fourth-order valence-electron chi connectivity index (χ4n) is 2.22. The predicted octanol–water partition coefficient (Wildman–Crippen LogP) is 4.48. The van der Waals surface area contributed by atoms with Crippen LogP contribution in [0.3, 0.4) is 0 Å². The summed E-state index contributed by atoms with van der Waals surface area (Å²) >= 11 is 12.4. The van der Waals surface area contributed by atoms with Crippen LogP contribution < -0.4 is 5.32 Å². The van der Waals surface area contributed by atoms with Crippen molar-refractivity contribution in [2.75, 3.05) is 18.5 Å². The monoisotopic (exact) mass is 408 g/mol. The Morgan fingerprint density at radius 3 is 2.37 bits per heavy atom. The maximum absolute atomic E-state index is 12.0. The first-order valence-electron chi connectivity index (χ1n) is 8.18. The number of benzene rings is 1. The highest BCUT2D eigenvalue weighted by Gasteiger charge is 2.21. The Balaban J connectivity index is 2.41. The molecule has 8 heteroatoms. The van der Waals surface area contributed by atoms with Crippen molar-refractivity contribution >= 4 is 40.8 Å². The molecule has 0 bridgehead atoms. The number of halogens is 2. The number of aromatic nitrogens is 1. The van der Waals surface area contributed by atoms with Crippen LogP contribution in [0.4, 0.5) is 5.69 Å². The minimum atomic E-state index is -0.783. The zero-order valence-electron chi connectivity index (χ0n) is 14.8. The summed E-state index contributed by atoms with van der Waals surface area (Å²) < 4.78 is 9.81. The van der Waals surface area contributed by atoms with Gasteiger partial charge in [0.1, 0.15) is 0 Å². The van der Waals surface area contributed by atoms with Crippen molar-refractivity contribution in [2.24, 2.45) is 0 Å². The van der Waals surface area contributed by atoms with E-state index >= 15 is 0 Å². The van der Waals surface area contributed by atoms with E-state index in [9.17, 15) is 9.59 Å². The summed E-state index contributed by atoms with van der Waals surface area (Å²) in [6.45, 7) is 3.56. The first-order chi connectivity index (χ1) is 13.0. The van der Waals surface area contributed by atoms with Gasteiger partial charge in [-0.05, 0) is 26.0 Å². The topological polar surface area (TPSA) is 77.5 Å². The number of esters is 2. The average Bonchev–Trinajstić information content (AvgIpc) is 2.65. The van der Waals surface area contributed by atoms with Crippen LogP contribution in [0.2, 0.25) is 10.0 Å². The Morgan fingerprint density at radius 2 is 1.74 bits per heavy atom. The molecule has 0 aliphatic heterocycles. The lowest BCUT2D eigenvalue weighted by Gasteiger charge is -2.12. The molecule has 0 amide bonds. The molecule has 6 nitrogen and oxygen atoms in total. The fourth-order valence-corrected chi connectivity index (χ4v) is 2.63. The summed E-state index contributed by atoms with van der Waals surface area (Å²) in [5, 5.41) is 3.70. The molecule has 1 aromatic carbocycles. The van der Waals surface area contributed by atoms with Gasteiger partial charge in [0.2, 0.25) is 0 Å². The molecule has 1 heterocycles. The number of anilines is 1. The molecule has 0 unspecified atom stereocenters. The summed E-state index contributed by atoms with van der Waals surface area (Å²) in [6, 6.07) is 6.99. The van der Waals surface area contributed by atoms with Crippen molar-refractivity contribution in [3.63, 3.8) is 0 Å². The van der Waals surface area contributed by atoms with Gasteiger partial charge in [0.25, 0.3) is 0 Å². The number of carbonyl (C=O) groups is 2. The normalized spacial score (nSPS) is 10.1. The molecular formula is C19H18Cl2N2O4. The van der Waals surface area contributed by atoms with Gasteiger partial charge in [-0.25, -0.2) is 9.59 Å². The third-order valence-corrected chi connectivity index (χ3v) is 4.24. The molecule has 27 heavy (non-hydrogen) atoms. The van der Waals surface area contributed by atoms with Gasteiger partial charge in [-0.15, -0.1) is 0 Å². The number of carbonyl (C=O) groups excluding carboxylic acids is 2. The van der Waals surface area contributed by atoms with E-state index in [1.807, 2.05) is 0 Å². The number of ether oxygens (including phenoxy) is 2. The zero-order valence-corrected chi connectivity index (χ0v) is 16.3. The maximum atomic E-state index is 12.0. The minimum absolute atomic E-state index is 0.131. The van der Waals surface area contributed by atoms with E-state index < -0.39 is 11.9 Å². The van der Waals surface area contributed by atoms with Gasteiger partial charge in [-0.1, -0.05) is 35.3 Å². The molecule has 142 valence electrons. The fraction of sp³-hybridized carbons (Fsp3) is 0.211. The highest BCUT2D eigenvalue weighted by molar-refractivity contribution is 6.43. The van der Waals surface area contributed by atoms with E-state index in [0.29, 0.717) is 26.9 Å². The van der Waals surface area contributed by atoms with Crippen LogP contribution in [0.5, 0.6) is 0 Å². The van der Waals surface area contributed by atoms with Gasteiger partial charge < -0.3 is 14.8 Å². The maximum Gasteiger partial charge on any atom is 0.347 e. The third kappa shape index (κ3) is 5.21. The molecular weight excluding hydrogens is 391 g/mol. The Bertz CT molecular complexity index is 849. The number of hydrogen-bond donors (Lipinski definition) is 1. The van der Waals surface area contributed by atoms with Crippen molar-refractivity contribution in [1.29, 1.82) is 0 Å². The SMILES string of the molecule is CCOC(=O)C(=CNc1cnccc1-c1cccc(Cl)c1Cl)C(=O)OCC. The number of nitrogens with zero attached hydrogens (tertiary/aromatic N) is 1. The zero-order chi connectivity index (χ0) is 19.8. The summed E-state index contributed by atoms with van der Waals surface area (Å²) in [4.78, 5) is 28.2. The first kappa shape index (κ1) is 20.7. The largest absolute Gasteiger partial charge is 0.462 e. The summed E-state index contributed by atoms with van der Waals surface area (Å²) in [7, 11) is 0. The van der Waals surface area contributed by atoms with Gasteiger partial charge in [0, 0.05) is 23.5 Å². The molecule has 0 spiro atoms. The van der Waals surface area contributed by atoms with Gasteiger partial charge in [0.05, 0.1) is 35.1 Å². The molecule has 0 saturated heterocycles. The summed E-state index contributed by atoms with van der Waals surface area (Å²) in [5.74, 6) is -1.57. The number of nitrogens with one attached hydrogen (secondary N) is 1. The average molecular weight is 409 g/mol. The van der Waals surface area contributed by atoms with Crippen molar-refractivity contribution in [3.05, 3.63) is 58.5 Å². The smallest absolute Gasteiger partial charge is 0.347 e. The predicted molar refractivity (Wildman–Crippen MR) is 105 cm³/mol. The van der Waals surface area contributed by atoms with Crippen LogP contribution >= 0.6 is 23.2 Å². The van der Waals surface area contributed by atoms with E-state index in [1.165, 1.54) is 12.4 Å². The molecule has 0 atom stereocenters. The minimum Gasteiger partial charge on any atom is -0.462 e. The highest BCUT2D eigenvalue weighted by Crippen LogP contribution is 2.36. The molecule has 0 radical (unpaired) electrons. The van der Waals surface area contributed by atoms with Crippen LogP contribution in [-0.4, -0.2) is 30.1 Å². The molecule has 2 aromatic rings. The van der Waals surface area contributed by atoms with E-state index in [-0.39, 0.29) is 18.8 Å².